The molecule has 20 heavy (non-hydrogen) atoms. The molecule has 0 radical (unpaired) electrons. The molecule has 0 saturated carbocycles. The van der Waals surface area contributed by atoms with Gasteiger partial charge in [0.15, 0.2) is 0 Å². The van der Waals surface area contributed by atoms with E-state index in [9.17, 15) is 18.0 Å². The Hall–Kier alpha value is -1.27. The average molecular weight is 311 g/mol. The fourth-order valence-corrected chi connectivity index (χ4v) is 1.61. The van der Waals surface area contributed by atoms with Gasteiger partial charge < -0.3 is 10.6 Å². The van der Waals surface area contributed by atoms with Crippen molar-refractivity contribution in [1.82, 2.24) is 4.90 Å². The zero-order chi connectivity index (χ0) is 14.6. The molecule has 1 rings (SSSR count). The monoisotopic (exact) mass is 310 g/mol. The van der Waals surface area contributed by atoms with E-state index in [0.717, 1.165) is 12.1 Å². The van der Waals surface area contributed by atoms with Crippen LogP contribution in [-0.4, -0.2) is 23.9 Å². The Bertz CT molecular complexity index is 434. The highest BCUT2D eigenvalue weighted by atomic mass is 35.5. The molecule has 0 unspecified atom stereocenters. The molecular weight excluding hydrogens is 293 g/mol. The number of halogens is 4. The molecule has 1 atom stereocenters. The summed E-state index contributed by atoms with van der Waals surface area (Å²) in [5.74, 6) is -0.220. The maximum absolute atomic E-state index is 12.4. The van der Waals surface area contributed by atoms with E-state index in [1.807, 2.05) is 0 Å². The number of carbonyl (C=O) groups excluding carboxylic acids is 1. The summed E-state index contributed by atoms with van der Waals surface area (Å²) in [4.78, 5) is 13.1. The van der Waals surface area contributed by atoms with E-state index in [1.165, 1.54) is 17.0 Å². The summed E-state index contributed by atoms with van der Waals surface area (Å²) in [5, 5.41) is 0. The lowest BCUT2D eigenvalue weighted by Crippen LogP contribution is -2.40. The third-order valence-corrected chi connectivity index (χ3v) is 2.83. The Kier molecular flexibility index (Phi) is 7.02. The van der Waals surface area contributed by atoms with Crippen molar-refractivity contribution in [2.75, 3.05) is 7.05 Å². The zero-order valence-electron chi connectivity index (χ0n) is 11.3. The normalized spacial score (nSPS) is 12.5. The van der Waals surface area contributed by atoms with Gasteiger partial charge in [0.05, 0.1) is 11.6 Å². The Labute approximate surface area is 122 Å². The van der Waals surface area contributed by atoms with Gasteiger partial charge in [-0.1, -0.05) is 19.1 Å². The molecule has 1 aromatic carbocycles. The number of alkyl halides is 3. The lowest BCUT2D eigenvalue weighted by molar-refractivity contribution is -0.137. The number of hydrogen-bond acceptors (Lipinski definition) is 2. The van der Waals surface area contributed by atoms with Gasteiger partial charge in [0, 0.05) is 13.6 Å². The van der Waals surface area contributed by atoms with Crippen LogP contribution >= 0.6 is 12.4 Å². The van der Waals surface area contributed by atoms with Gasteiger partial charge in [-0.15, -0.1) is 12.4 Å². The average Bonchev–Trinajstić information content (AvgIpc) is 2.36. The fourth-order valence-electron chi connectivity index (χ4n) is 1.61. The summed E-state index contributed by atoms with van der Waals surface area (Å²) in [6, 6.07) is 4.18. The molecular formula is C13H18ClF3N2O. The second-order valence-electron chi connectivity index (χ2n) is 4.40. The first-order chi connectivity index (χ1) is 8.75. The van der Waals surface area contributed by atoms with E-state index in [1.54, 1.807) is 14.0 Å². The number of hydrogen-bond donors (Lipinski definition) is 1. The molecule has 1 aromatic rings. The van der Waals surface area contributed by atoms with E-state index in [0.29, 0.717) is 12.0 Å². The molecule has 114 valence electrons. The van der Waals surface area contributed by atoms with Crippen LogP contribution in [0, 0.1) is 0 Å². The molecule has 0 aliphatic carbocycles. The van der Waals surface area contributed by atoms with Crippen molar-refractivity contribution in [3.8, 4) is 0 Å². The van der Waals surface area contributed by atoms with Crippen molar-refractivity contribution < 1.29 is 18.0 Å². The molecule has 0 heterocycles. The first kappa shape index (κ1) is 18.7. The van der Waals surface area contributed by atoms with Crippen LogP contribution in [0.25, 0.3) is 0 Å². The van der Waals surface area contributed by atoms with Gasteiger partial charge in [0.1, 0.15) is 0 Å². The summed E-state index contributed by atoms with van der Waals surface area (Å²) < 4.78 is 37.1. The summed E-state index contributed by atoms with van der Waals surface area (Å²) >= 11 is 0. The standard InChI is InChI=1S/C13H17F3N2O.ClH/c1-3-11(17)12(19)18(2)8-9-4-6-10(7-5-9)13(14,15)16;/h4-7,11H,3,8,17H2,1-2H3;1H/t11-;/m0./s1. The summed E-state index contributed by atoms with van der Waals surface area (Å²) in [7, 11) is 1.58. The second kappa shape index (κ2) is 7.50. The van der Waals surface area contributed by atoms with Crippen molar-refractivity contribution in [2.45, 2.75) is 32.1 Å². The number of rotatable bonds is 4. The lowest BCUT2D eigenvalue weighted by atomic mass is 10.1. The number of nitrogens with two attached hydrogens (primary N) is 1. The molecule has 0 fully saturated rings. The van der Waals surface area contributed by atoms with Gasteiger partial charge in [0.2, 0.25) is 5.91 Å². The Balaban J connectivity index is 0.00000361. The van der Waals surface area contributed by atoms with Gasteiger partial charge >= 0.3 is 6.18 Å². The maximum atomic E-state index is 12.4. The predicted octanol–water partition coefficient (Wildman–Crippen LogP) is 2.82. The molecule has 0 saturated heterocycles. The summed E-state index contributed by atoms with van der Waals surface area (Å²) in [6.45, 7) is 2.04. The minimum Gasteiger partial charge on any atom is -0.340 e. The van der Waals surface area contributed by atoms with E-state index in [-0.39, 0.29) is 24.9 Å². The fraction of sp³-hybridized carbons (Fsp3) is 0.462. The quantitative estimate of drug-likeness (QED) is 0.929. The highest BCUT2D eigenvalue weighted by Crippen LogP contribution is 2.29. The minimum atomic E-state index is -4.34. The summed E-state index contributed by atoms with van der Waals surface area (Å²) in [6.07, 6.45) is -3.82. The summed E-state index contributed by atoms with van der Waals surface area (Å²) in [5.41, 5.74) is 5.55. The SMILES string of the molecule is CC[C@H](N)C(=O)N(C)Cc1ccc(C(F)(F)F)cc1.Cl. The van der Waals surface area contributed by atoms with Gasteiger partial charge in [-0.3, -0.25) is 4.79 Å². The Morgan fingerprint density at radius 1 is 1.30 bits per heavy atom. The first-order valence-corrected chi connectivity index (χ1v) is 5.92. The largest absolute Gasteiger partial charge is 0.416 e. The molecule has 0 aromatic heterocycles. The van der Waals surface area contributed by atoms with Crippen molar-refractivity contribution in [3.05, 3.63) is 35.4 Å². The van der Waals surface area contributed by atoms with Crippen LogP contribution in [0.5, 0.6) is 0 Å². The molecule has 0 aliphatic heterocycles. The van der Waals surface area contributed by atoms with Crippen LogP contribution < -0.4 is 5.73 Å². The van der Waals surface area contributed by atoms with Crippen LogP contribution in [0.4, 0.5) is 13.2 Å². The smallest absolute Gasteiger partial charge is 0.340 e. The Morgan fingerprint density at radius 3 is 2.20 bits per heavy atom. The van der Waals surface area contributed by atoms with Crippen LogP contribution in [0.3, 0.4) is 0 Å². The number of carbonyl (C=O) groups is 1. The third kappa shape index (κ3) is 5.02. The zero-order valence-corrected chi connectivity index (χ0v) is 12.1. The topological polar surface area (TPSA) is 46.3 Å². The molecule has 1 amide bonds. The van der Waals surface area contributed by atoms with E-state index in [2.05, 4.69) is 0 Å². The van der Waals surface area contributed by atoms with Crippen LogP contribution in [0.15, 0.2) is 24.3 Å². The van der Waals surface area contributed by atoms with Gasteiger partial charge in [0.25, 0.3) is 0 Å². The molecule has 0 aliphatic rings. The molecule has 0 bridgehead atoms. The number of nitrogens with zero attached hydrogens (tertiary/aromatic N) is 1. The molecule has 2 N–H and O–H groups in total. The maximum Gasteiger partial charge on any atom is 0.416 e. The minimum absolute atomic E-state index is 0. The molecule has 0 spiro atoms. The van der Waals surface area contributed by atoms with Crippen molar-refractivity contribution >= 4 is 18.3 Å². The van der Waals surface area contributed by atoms with E-state index in [4.69, 9.17) is 5.73 Å². The van der Waals surface area contributed by atoms with Crippen LogP contribution in [-0.2, 0) is 17.5 Å². The first-order valence-electron chi connectivity index (χ1n) is 5.92. The van der Waals surface area contributed by atoms with Gasteiger partial charge in [-0.05, 0) is 24.1 Å². The van der Waals surface area contributed by atoms with E-state index >= 15 is 0 Å². The highest BCUT2D eigenvalue weighted by molar-refractivity contribution is 5.85. The van der Waals surface area contributed by atoms with E-state index < -0.39 is 17.8 Å². The number of amides is 1. The predicted molar refractivity (Wildman–Crippen MR) is 73.4 cm³/mol. The van der Waals surface area contributed by atoms with Crippen molar-refractivity contribution in [3.63, 3.8) is 0 Å². The van der Waals surface area contributed by atoms with Gasteiger partial charge in [-0.25, -0.2) is 0 Å². The highest BCUT2D eigenvalue weighted by Gasteiger charge is 2.30. The Morgan fingerprint density at radius 2 is 1.80 bits per heavy atom. The van der Waals surface area contributed by atoms with Crippen LogP contribution in [0.1, 0.15) is 24.5 Å². The second-order valence-corrected chi connectivity index (χ2v) is 4.40. The number of benzene rings is 1. The lowest BCUT2D eigenvalue weighted by Gasteiger charge is -2.20. The third-order valence-electron chi connectivity index (χ3n) is 2.83. The van der Waals surface area contributed by atoms with Crippen LogP contribution in [0.2, 0.25) is 0 Å². The molecule has 7 heteroatoms. The molecule has 3 nitrogen and oxygen atoms in total. The van der Waals surface area contributed by atoms with Crippen molar-refractivity contribution in [1.29, 1.82) is 0 Å². The van der Waals surface area contributed by atoms with Gasteiger partial charge in [-0.2, -0.15) is 13.2 Å². The van der Waals surface area contributed by atoms with Crippen molar-refractivity contribution in [2.24, 2.45) is 5.73 Å². The number of likely N-dealkylation sites (N-methyl/N-ethyl adjacent to an activating group) is 1.